The van der Waals surface area contributed by atoms with Crippen LogP contribution < -0.4 is 5.32 Å². The molecule has 21 heavy (non-hydrogen) atoms. The molecule has 1 aromatic heterocycles. The van der Waals surface area contributed by atoms with E-state index in [1.165, 1.54) is 4.70 Å². The Bertz CT molecular complexity index is 575. The number of fused-ring (bicyclic) bond motifs is 1. The van der Waals surface area contributed by atoms with E-state index in [-0.39, 0.29) is 11.9 Å². The second kappa shape index (κ2) is 7.00. The Balaban J connectivity index is 1.89. The van der Waals surface area contributed by atoms with E-state index in [9.17, 15) is 4.79 Å². The van der Waals surface area contributed by atoms with Gasteiger partial charge in [-0.3, -0.25) is 9.69 Å². The van der Waals surface area contributed by atoms with Crippen molar-refractivity contribution in [2.75, 3.05) is 13.6 Å². The van der Waals surface area contributed by atoms with E-state index >= 15 is 0 Å². The van der Waals surface area contributed by atoms with Gasteiger partial charge in [0.1, 0.15) is 5.01 Å². The lowest BCUT2D eigenvalue weighted by atomic mass is 10.1. The summed E-state index contributed by atoms with van der Waals surface area (Å²) in [6.07, 6.45) is 0. The third kappa shape index (κ3) is 4.51. The predicted octanol–water partition coefficient (Wildman–Crippen LogP) is 2.89. The summed E-state index contributed by atoms with van der Waals surface area (Å²) in [6.45, 7) is 7.34. The zero-order valence-electron chi connectivity index (χ0n) is 13.1. The summed E-state index contributed by atoms with van der Waals surface area (Å²) in [5.74, 6) is 0.517. The van der Waals surface area contributed by atoms with Crippen molar-refractivity contribution in [1.29, 1.82) is 0 Å². The van der Waals surface area contributed by atoms with E-state index in [1.54, 1.807) is 11.3 Å². The monoisotopic (exact) mass is 305 g/mol. The van der Waals surface area contributed by atoms with Crippen molar-refractivity contribution in [3.8, 4) is 0 Å². The first-order valence-electron chi connectivity index (χ1n) is 7.28. The molecule has 0 saturated carbocycles. The van der Waals surface area contributed by atoms with E-state index in [2.05, 4.69) is 30.2 Å². The Morgan fingerprint density at radius 2 is 2.05 bits per heavy atom. The number of carbonyl (C=O) groups is 1. The van der Waals surface area contributed by atoms with Gasteiger partial charge in [-0.2, -0.15) is 0 Å². The van der Waals surface area contributed by atoms with E-state index < -0.39 is 0 Å². The first-order valence-corrected chi connectivity index (χ1v) is 8.09. The van der Waals surface area contributed by atoms with Crippen molar-refractivity contribution in [1.82, 2.24) is 15.2 Å². The number of likely N-dealkylation sites (N-methyl/N-ethyl adjacent to an activating group) is 1. The Hall–Kier alpha value is -1.46. The summed E-state index contributed by atoms with van der Waals surface area (Å²) in [5, 5.41) is 4.07. The van der Waals surface area contributed by atoms with Crippen molar-refractivity contribution in [2.45, 2.75) is 33.4 Å². The normalized spacial score (nSPS) is 13.0. The number of para-hydroxylation sites is 1. The van der Waals surface area contributed by atoms with Gasteiger partial charge in [0.15, 0.2) is 0 Å². The summed E-state index contributed by atoms with van der Waals surface area (Å²) >= 11 is 1.69. The largest absolute Gasteiger partial charge is 0.352 e. The summed E-state index contributed by atoms with van der Waals surface area (Å²) in [7, 11) is 1.95. The number of amides is 1. The molecule has 2 aromatic rings. The third-order valence-electron chi connectivity index (χ3n) is 3.55. The molecule has 0 fully saturated rings. The number of benzene rings is 1. The van der Waals surface area contributed by atoms with Crippen LogP contribution in [0.15, 0.2) is 24.3 Å². The molecule has 5 heteroatoms. The predicted molar refractivity (Wildman–Crippen MR) is 88.4 cm³/mol. The van der Waals surface area contributed by atoms with Gasteiger partial charge in [-0.15, -0.1) is 11.3 Å². The Kier molecular flexibility index (Phi) is 5.31. The second-order valence-corrected chi connectivity index (χ2v) is 6.96. The summed E-state index contributed by atoms with van der Waals surface area (Å²) < 4.78 is 1.19. The molecule has 0 bridgehead atoms. The van der Waals surface area contributed by atoms with Crippen LogP contribution in [0.2, 0.25) is 0 Å². The van der Waals surface area contributed by atoms with Gasteiger partial charge in [-0.1, -0.05) is 26.0 Å². The average molecular weight is 305 g/mol. The maximum Gasteiger partial charge on any atom is 0.234 e. The summed E-state index contributed by atoms with van der Waals surface area (Å²) in [5.41, 5.74) is 1.03. The highest BCUT2D eigenvalue weighted by molar-refractivity contribution is 7.18. The van der Waals surface area contributed by atoms with Crippen LogP contribution in [0.25, 0.3) is 10.2 Å². The van der Waals surface area contributed by atoms with Gasteiger partial charge in [0.2, 0.25) is 5.91 Å². The van der Waals surface area contributed by atoms with Crippen LogP contribution in [-0.2, 0) is 11.3 Å². The highest BCUT2D eigenvalue weighted by Gasteiger charge is 2.13. The Morgan fingerprint density at radius 3 is 2.71 bits per heavy atom. The SMILES string of the molecule is CC(C)C(C)NC(=O)CN(C)Cc1nc2ccccc2s1. The molecule has 1 atom stereocenters. The van der Waals surface area contributed by atoms with Crippen molar-refractivity contribution >= 4 is 27.5 Å². The minimum Gasteiger partial charge on any atom is -0.352 e. The van der Waals surface area contributed by atoms with Gasteiger partial charge >= 0.3 is 0 Å². The zero-order chi connectivity index (χ0) is 15.4. The lowest BCUT2D eigenvalue weighted by Gasteiger charge is -2.20. The molecule has 114 valence electrons. The molecular weight excluding hydrogens is 282 g/mol. The van der Waals surface area contributed by atoms with E-state index in [0.717, 1.165) is 10.5 Å². The smallest absolute Gasteiger partial charge is 0.234 e. The lowest BCUT2D eigenvalue weighted by molar-refractivity contribution is -0.122. The van der Waals surface area contributed by atoms with Gasteiger partial charge in [0.05, 0.1) is 23.3 Å². The van der Waals surface area contributed by atoms with E-state index in [1.807, 2.05) is 37.1 Å². The van der Waals surface area contributed by atoms with Crippen molar-refractivity contribution < 1.29 is 4.79 Å². The molecule has 1 N–H and O–H groups in total. The lowest BCUT2D eigenvalue weighted by Crippen LogP contribution is -2.41. The molecule has 2 rings (SSSR count). The molecule has 0 saturated heterocycles. The fourth-order valence-corrected chi connectivity index (χ4v) is 3.03. The Morgan fingerprint density at radius 1 is 1.33 bits per heavy atom. The molecule has 0 aliphatic rings. The highest BCUT2D eigenvalue weighted by Crippen LogP contribution is 2.22. The van der Waals surface area contributed by atoms with Gasteiger partial charge in [-0.25, -0.2) is 4.98 Å². The topological polar surface area (TPSA) is 45.2 Å². The van der Waals surface area contributed by atoms with Crippen molar-refractivity contribution in [3.63, 3.8) is 0 Å². The molecule has 1 unspecified atom stereocenters. The third-order valence-corrected chi connectivity index (χ3v) is 4.57. The van der Waals surface area contributed by atoms with Crippen LogP contribution in [0.5, 0.6) is 0 Å². The average Bonchev–Trinajstić information content (AvgIpc) is 2.79. The maximum atomic E-state index is 12.0. The molecular formula is C16H23N3OS. The molecule has 0 spiro atoms. The van der Waals surface area contributed by atoms with Gasteiger partial charge in [0.25, 0.3) is 0 Å². The first kappa shape index (κ1) is 15.9. The molecule has 0 aliphatic carbocycles. The summed E-state index contributed by atoms with van der Waals surface area (Å²) in [6, 6.07) is 8.32. The summed E-state index contributed by atoms with van der Waals surface area (Å²) in [4.78, 5) is 18.6. The van der Waals surface area contributed by atoms with Crippen LogP contribution in [0, 0.1) is 5.92 Å². The minimum absolute atomic E-state index is 0.0693. The van der Waals surface area contributed by atoms with Crippen molar-refractivity contribution in [2.24, 2.45) is 5.92 Å². The molecule has 0 aliphatic heterocycles. The maximum absolute atomic E-state index is 12.0. The molecule has 1 heterocycles. The van der Waals surface area contributed by atoms with E-state index in [4.69, 9.17) is 0 Å². The number of carbonyl (C=O) groups excluding carboxylic acids is 1. The fraction of sp³-hybridized carbons (Fsp3) is 0.500. The van der Waals surface area contributed by atoms with Crippen LogP contribution in [0.1, 0.15) is 25.8 Å². The minimum atomic E-state index is 0.0693. The molecule has 1 aromatic carbocycles. The van der Waals surface area contributed by atoms with Crippen LogP contribution in [0.3, 0.4) is 0 Å². The number of rotatable bonds is 6. The highest BCUT2D eigenvalue weighted by atomic mass is 32.1. The zero-order valence-corrected chi connectivity index (χ0v) is 13.9. The van der Waals surface area contributed by atoms with Crippen molar-refractivity contribution in [3.05, 3.63) is 29.3 Å². The van der Waals surface area contributed by atoms with Gasteiger partial charge in [0, 0.05) is 6.04 Å². The Labute approximate surface area is 130 Å². The number of nitrogens with one attached hydrogen (secondary N) is 1. The number of aromatic nitrogens is 1. The molecule has 4 nitrogen and oxygen atoms in total. The first-order chi connectivity index (χ1) is 9.95. The second-order valence-electron chi connectivity index (χ2n) is 5.85. The molecule has 1 amide bonds. The van der Waals surface area contributed by atoms with Crippen LogP contribution >= 0.6 is 11.3 Å². The quantitative estimate of drug-likeness (QED) is 0.892. The van der Waals surface area contributed by atoms with Crippen LogP contribution in [-0.4, -0.2) is 35.4 Å². The van der Waals surface area contributed by atoms with Gasteiger partial charge in [-0.05, 0) is 32.0 Å². The molecule has 0 radical (unpaired) electrons. The number of hydrogen-bond acceptors (Lipinski definition) is 4. The number of hydrogen-bond donors (Lipinski definition) is 1. The van der Waals surface area contributed by atoms with E-state index in [0.29, 0.717) is 19.0 Å². The van der Waals surface area contributed by atoms with Crippen LogP contribution in [0.4, 0.5) is 0 Å². The number of thiazole rings is 1. The fourth-order valence-electron chi connectivity index (χ4n) is 1.99. The van der Waals surface area contributed by atoms with Gasteiger partial charge < -0.3 is 5.32 Å². The standard InChI is InChI=1S/C16H23N3OS/c1-11(2)12(3)17-15(20)9-19(4)10-16-18-13-7-5-6-8-14(13)21-16/h5-8,11-12H,9-10H2,1-4H3,(H,17,20). The number of nitrogens with zero attached hydrogens (tertiary/aromatic N) is 2.